The van der Waals surface area contributed by atoms with Gasteiger partial charge >= 0.3 is 6.18 Å². The average molecular weight is 384 g/mol. The van der Waals surface area contributed by atoms with Crippen LogP contribution in [0.25, 0.3) is 5.69 Å². The molecule has 96 valence electrons. The Kier molecular flexibility index (Phi) is 3.82. The topological polar surface area (TPSA) is 17.8 Å². The first-order valence-corrected chi connectivity index (χ1v) is 6.81. The van der Waals surface area contributed by atoms with Crippen LogP contribution in [0.2, 0.25) is 0 Å². The first-order valence-electron chi connectivity index (χ1n) is 4.90. The Labute approximate surface area is 118 Å². The number of alkyl halides is 4. The second-order valence-electron chi connectivity index (χ2n) is 3.51. The zero-order valence-electron chi connectivity index (χ0n) is 8.88. The van der Waals surface area contributed by atoms with Crippen molar-refractivity contribution in [3.8, 4) is 5.69 Å². The fourth-order valence-corrected chi connectivity index (χ4v) is 2.45. The number of halogens is 5. The summed E-state index contributed by atoms with van der Waals surface area (Å²) in [5.74, 6) is 0. The largest absolute Gasteiger partial charge is 0.433 e. The third-order valence-electron chi connectivity index (χ3n) is 2.34. The standard InChI is InChI=1S/C11H7Br2F3N2/c12-5-7-6-17-18(10(7)11(14,15)16)9-4-2-1-3-8(9)13/h1-4,6H,5H2. The number of aromatic nitrogens is 2. The fourth-order valence-electron chi connectivity index (χ4n) is 1.59. The summed E-state index contributed by atoms with van der Waals surface area (Å²) in [5, 5.41) is 3.92. The highest BCUT2D eigenvalue weighted by Gasteiger charge is 2.38. The number of nitrogens with zero attached hydrogens (tertiary/aromatic N) is 2. The van der Waals surface area contributed by atoms with E-state index in [9.17, 15) is 13.2 Å². The van der Waals surface area contributed by atoms with Crippen LogP contribution in [0.3, 0.4) is 0 Å². The molecular weight excluding hydrogens is 377 g/mol. The third-order valence-corrected chi connectivity index (χ3v) is 3.61. The minimum atomic E-state index is -4.45. The van der Waals surface area contributed by atoms with Crippen LogP contribution in [0.15, 0.2) is 34.9 Å². The number of rotatable bonds is 2. The van der Waals surface area contributed by atoms with Crippen molar-refractivity contribution < 1.29 is 13.2 Å². The number of hydrogen-bond acceptors (Lipinski definition) is 1. The van der Waals surface area contributed by atoms with Crippen molar-refractivity contribution in [2.24, 2.45) is 0 Å². The zero-order chi connectivity index (χ0) is 13.3. The Hall–Kier alpha value is -0.820. The lowest BCUT2D eigenvalue weighted by molar-refractivity contribution is -0.143. The van der Waals surface area contributed by atoms with Gasteiger partial charge in [-0.2, -0.15) is 18.3 Å². The first-order chi connectivity index (χ1) is 8.45. The molecule has 1 heterocycles. The molecule has 0 radical (unpaired) electrons. The Morgan fingerprint density at radius 1 is 1.22 bits per heavy atom. The van der Waals surface area contributed by atoms with Crippen molar-refractivity contribution in [1.82, 2.24) is 9.78 Å². The van der Waals surface area contributed by atoms with Gasteiger partial charge in [-0.3, -0.25) is 0 Å². The molecule has 0 aliphatic heterocycles. The SMILES string of the molecule is FC(F)(F)c1c(CBr)cnn1-c1ccccc1Br. The van der Waals surface area contributed by atoms with Crippen molar-refractivity contribution in [2.75, 3.05) is 0 Å². The van der Waals surface area contributed by atoms with E-state index in [1.54, 1.807) is 24.3 Å². The predicted molar refractivity (Wildman–Crippen MR) is 68.9 cm³/mol. The van der Waals surface area contributed by atoms with Gasteiger partial charge < -0.3 is 0 Å². The van der Waals surface area contributed by atoms with Crippen LogP contribution in [0.4, 0.5) is 13.2 Å². The molecule has 0 N–H and O–H groups in total. The van der Waals surface area contributed by atoms with Gasteiger partial charge in [0.15, 0.2) is 5.69 Å². The normalized spacial score (nSPS) is 11.8. The van der Waals surface area contributed by atoms with Crippen molar-refractivity contribution in [2.45, 2.75) is 11.5 Å². The van der Waals surface area contributed by atoms with Crippen molar-refractivity contribution in [1.29, 1.82) is 0 Å². The summed E-state index contributed by atoms with van der Waals surface area (Å²) in [7, 11) is 0. The summed E-state index contributed by atoms with van der Waals surface area (Å²) in [5.41, 5.74) is -0.290. The molecule has 0 aliphatic rings. The van der Waals surface area contributed by atoms with Gasteiger partial charge in [0.1, 0.15) is 0 Å². The van der Waals surface area contributed by atoms with Gasteiger partial charge in [0.05, 0.1) is 11.9 Å². The maximum absolute atomic E-state index is 13.0. The van der Waals surface area contributed by atoms with Gasteiger partial charge in [0.2, 0.25) is 0 Å². The minimum Gasteiger partial charge on any atom is -0.227 e. The first kappa shape index (κ1) is 13.6. The summed E-state index contributed by atoms with van der Waals surface area (Å²) in [6.45, 7) is 0. The van der Waals surface area contributed by atoms with Gasteiger partial charge in [0.25, 0.3) is 0 Å². The lowest BCUT2D eigenvalue weighted by Crippen LogP contribution is -2.15. The second-order valence-corrected chi connectivity index (χ2v) is 4.93. The molecule has 2 rings (SSSR count). The highest BCUT2D eigenvalue weighted by atomic mass is 79.9. The Morgan fingerprint density at radius 2 is 1.89 bits per heavy atom. The monoisotopic (exact) mass is 382 g/mol. The van der Waals surface area contributed by atoms with Crippen molar-refractivity contribution in [3.05, 3.63) is 46.2 Å². The van der Waals surface area contributed by atoms with Crippen LogP contribution in [-0.4, -0.2) is 9.78 Å². The van der Waals surface area contributed by atoms with E-state index >= 15 is 0 Å². The summed E-state index contributed by atoms with van der Waals surface area (Å²) in [4.78, 5) is 0. The fraction of sp³-hybridized carbons (Fsp3) is 0.182. The minimum absolute atomic E-state index is 0.103. The molecule has 7 heteroatoms. The molecule has 0 atom stereocenters. The van der Waals surface area contributed by atoms with Gasteiger partial charge in [0, 0.05) is 15.4 Å². The Morgan fingerprint density at radius 3 is 2.44 bits per heavy atom. The van der Waals surface area contributed by atoms with E-state index in [-0.39, 0.29) is 10.9 Å². The van der Waals surface area contributed by atoms with E-state index in [4.69, 9.17) is 0 Å². The van der Waals surface area contributed by atoms with E-state index in [0.717, 1.165) is 4.68 Å². The van der Waals surface area contributed by atoms with Gasteiger partial charge in [-0.1, -0.05) is 28.1 Å². The van der Waals surface area contributed by atoms with E-state index in [1.807, 2.05) is 0 Å². The molecule has 0 bridgehead atoms. The zero-order valence-corrected chi connectivity index (χ0v) is 12.1. The lowest BCUT2D eigenvalue weighted by atomic mass is 10.2. The predicted octanol–water partition coefficient (Wildman–Crippen LogP) is 4.55. The van der Waals surface area contributed by atoms with Crippen LogP contribution < -0.4 is 0 Å². The quantitative estimate of drug-likeness (QED) is 0.695. The van der Waals surface area contributed by atoms with E-state index in [0.29, 0.717) is 10.2 Å². The van der Waals surface area contributed by atoms with Gasteiger partial charge in [-0.05, 0) is 28.1 Å². The smallest absolute Gasteiger partial charge is 0.227 e. The van der Waals surface area contributed by atoms with E-state index in [2.05, 4.69) is 37.0 Å². The van der Waals surface area contributed by atoms with Crippen LogP contribution in [0.5, 0.6) is 0 Å². The summed E-state index contributed by atoms with van der Waals surface area (Å²) >= 11 is 6.27. The summed E-state index contributed by atoms with van der Waals surface area (Å²) < 4.78 is 40.6. The molecular formula is C11H7Br2F3N2. The van der Waals surface area contributed by atoms with E-state index < -0.39 is 11.9 Å². The second kappa shape index (κ2) is 5.05. The highest BCUT2D eigenvalue weighted by Crippen LogP contribution is 2.35. The molecule has 0 unspecified atom stereocenters. The Bertz CT molecular complexity index is 564. The lowest BCUT2D eigenvalue weighted by Gasteiger charge is -2.13. The van der Waals surface area contributed by atoms with Gasteiger partial charge in [-0.15, -0.1) is 0 Å². The highest BCUT2D eigenvalue weighted by molar-refractivity contribution is 9.10. The molecule has 0 saturated heterocycles. The number of benzene rings is 1. The number of para-hydroxylation sites is 1. The maximum atomic E-state index is 13.0. The molecule has 2 nitrogen and oxygen atoms in total. The molecule has 2 aromatic rings. The van der Waals surface area contributed by atoms with Crippen molar-refractivity contribution >= 4 is 31.9 Å². The molecule has 0 amide bonds. The van der Waals surface area contributed by atoms with Crippen LogP contribution in [-0.2, 0) is 11.5 Å². The summed E-state index contributed by atoms with van der Waals surface area (Å²) in [6, 6.07) is 6.64. The Balaban J connectivity index is 2.66. The summed E-state index contributed by atoms with van der Waals surface area (Å²) in [6.07, 6.45) is -3.23. The molecule has 1 aromatic carbocycles. The van der Waals surface area contributed by atoms with Crippen LogP contribution in [0, 0.1) is 0 Å². The molecule has 18 heavy (non-hydrogen) atoms. The molecule has 0 saturated carbocycles. The molecule has 0 aliphatic carbocycles. The maximum Gasteiger partial charge on any atom is 0.433 e. The third kappa shape index (κ3) is 2.47. The molecule has 1 aromatic heterocycles. The average Bonchev–Trinajstić information content (AvgIpc) is 2.73. The molecule has 0 fully saturated rings. The molecule has 0 spiro atoms. The number of hydrogen-bond donors (Lipinski definition) is 0. The van der Waals surface area contributed by atoms with Crippen LogP contribution >= 0.6 is 31.9 Å². The van der Waals surface area contributed by atoms with Crippen LogP contribution in [0.1, 0.15) is 11.3 Å². The van der Waals surface area contributed by atoms with E-state index in [1.165, 1.54) is 6.20 Å². The van der Waals surface area contributed by atoms with Gasteiger partial charge in [-0.25, -0.2) is 4.68 Å². The van der Waals surface area contributed by atoms with Crippen molar-refractivity contribution in [3.63, 3.8) is 0 Å².